The third-order valence-electron chi connectivity index (χ3n) is 2.56. The maximum atomic E-state index is 13.2. The van der Waals surface area contributed by atoms with Gasteiger partial charge >= 0.3 is 5.97 Å². The summed E-state index contributed by atoms with van der Waals surface area (Å²) in [5.74, 6) is -1.68. The number of aliphatic hydroxyl groups is 1. The lowest BCUT2D eigenvalue weighted by Gasteiger charge is -2.11. The van der Waals surface area contributed by atoms with E-state index in [-0.39, 0.29) is 12.2 Å². The second kappa shape index (κ2) is 8.94. The summed E-state index contributed by atoms with van der Waals surface area (Å²) in [5, 5.41) is 18.5. The third kappa shape index (κ3) is 5.90. The number of benzene rings is 1. The van der Waals surface area contributed by atoms with Crippen LogP contribution >= 0.6 is 11.8 Å². The molecule has 0 aliphatic rings. The Hall–Kier alpha value is -1.11. The van der Waals surface area contributed by atoms with Crippen LogP contribution in [0.3, 0.4) is 0 Å². The van der Waals surface area contributed by atoms with Crippen molar-refractivity contribution in [2.45, 2.75) is 30.8 Å². The van der Waals surface area contributed by atoms with Crippen molar-refractivity contribution < 1.29 is 24.1 Å². The summed E-state index contributed by atoms with van der Waals surface area (Å²) < 4.78 is 18.5. The van der Waals surface area contributed by atoms with Crippen LogP contribution in [0.5, 0.6) is 0 Å². The summed E-state index contributed by atoms with van der Waals surface area (Å²) in [6, 6.07) is 3.89. The van der Waals surface area contributed by atoms with Gasteiger partial charge in [-0.15, -0.1) is 11.8 Å². The number of carbonyl (C=O) groups is 1. The van der Waals surface area contributed by atoms with Crippen LogP contribution in [-0.4, -0.2) is 41.3 Å². The van der Waals surface area contributed by atoms with Crippen molar-refractivity contribution in [1.82, 2.24) is 0 Å². The van der Waals surface area contributed by atoms with Gasteiger partial charge in [0.15, 0.2) is 0 Å². The number of unbranched alkanes of at least 4 members (excludes halogenated alkanes) is 1. The molecule has 0 fully saturated rings. The molecule has 1 rings (SSSR count). The Balaban J connectivity index is 2.41. The molecule has 0 heterocycles. The Labute approximate surface area is 122 Å². The number of carboxylic acids is 1. The van der Waals surface area contributed by atoms with Crippen LogP contribution in [0.1, 0.15) is 30.1 Å². The van der Waals surface area contributed by atoms with E-state index in [2.05, 4.69) is 6.92 Å². The Morgan fingerprint density at radius 3 is 2.90 bits per heavy atom. The highest BCUT2D eigenvalue weighted by atomic mass is 32.2. The first-order valence-electron chi connectivity index (χ1n) is 6.46. The maximum Gasteiger partial charge on any atom is 0.338 e. The maximum absolute atomic E-state index is 13.2. The molecule has 0 saturated carbocycles. The number of thioether (sulfide) groups is 1. The Morgan fingerprint density at radius 2 is 2.25 bits per heavy atom. The highest BCUT2D eigenvalue weighted by Gasteiger charge is 2.12. The molecule has 112 valence electrons. The van der Waals surface area contributed by atoms with Crippen molar-refractivity contribution in [3.63, 3.8) is 0 Å². The van der Waals surface area contributed by atoms with Crippen molar-refractivity contribution in [3.05, 3.63) is 29.6 Å². The molecule has 0 aliphatic carbocycles. The molecule has 0 amide bonds. The number of hydrogen-bond acceptors (Lipinski definition) is 4. The van der Waals surface area contributed by atoms with Gasteiger partial charge in [-0.25, -0.2) is 9.18 Å². The first-order chi connectivity index (χ1) is 9.54. The SMILES string of the molecule is CCCCOCC(O)CSc1ccc(F)c(C(=O)O)c1. The van der Waals surface area contributed by atoms with Gasteiger partial charge in [0.05, 0.1) is 18.3 Å². The quantitative estimate of drug-likeness (QED) is 0.542. The lowest BCUT2D eigenvalue weighted by molar-refractivity contribution is 0.0473. The van der Waals surface area contributed by atoms with E-state index < -0.39 is 17.9 Å². The monoisotopic (exact) mass is 302 g/mol. The topological polar surface area (TPSA) is 66.8 Å². The van der Waals surface area contributed by atoms with E-state index in [9.17, 15) is 14.3 Å². The first kappa shape index (κ1) is 16.9. The first-order valence-corrected chi connectivity index (χ1v) is 7.44. The summed E-state index contributed by atoms with van der Waals surface area (Å²) in [4.78, 5) is 11.4. The molecule has 0 aliphatic heterocycles. The van der Waals surface area contributed by atoms with Crippen LogP contribution < -0.4 is 0 Å². The number of carboxylic acid groups (broad SMARTS) is 1. The van der Waals surface area contributed by atoms with E-state index in [4.69, 9.17) is 9.84 Å². The van der Waals surface area contributed by atoms with Crippen LogP contribution in [0.2, 0.25) is 0 Å². The molecule has 20 heavy (non-hydrogen) atoms. The largest absolute Gasteiger partial charge is 0.478 e. The van der Waals surface area contributed by atoms with E-state index in [1.54, 1.807) is 0 Å². The number of halogens is 1. The molecule has 0 bridgehead atoms. The summed E-state index contributed by atoms with van der Waals surface area (Å²) in [7, 11) is 0. The molecule has 0 saturated heterocycles. The number of hydrogen-bond donors (Lipinski definition) is 2. The van der Waals surface area contributed by atoms with Crippen molar-refractivity contribution in [3.8, 4) is 0 Å². The summed E-state index contributed by atoms with van der Waals surface area (Å²) in [6.45, 7) is 2.93. The molecule has 1 unspecified atom stereocenters. The predicted molar refractivity (Wildman–Crippen MR) is 75.8 cm³/mol. The fourth-order valence-corrected chi connectivity index (χ4v) is 2.31. The summed E-state index contributed by atoms with van der Waals surface area (Å²) in [5.41, 5.74) is -0.358. The molecule has 4 nitrogen and oxygen atoms in total. The van der Waals surface area contributed by atoms with E-state index >= 15 is 0 Å². The van der Waals surface area contributed by atoms with Crippen LogP contribution in [0.15, 0.2) is 23.1 Å². The number of ether oxygens (including phenoxy) is 1. The van der Waals surface area contributed by atoms with Gasteiger partial charge in [0, 0.05) is 17.3 Å². The van der Waals surface area contributed by atoms with Crippen molar-refractivity contribution in [1.29, 1.82) is 0 Å². The fraction of sp³-hybridized carbons (Fsp3) is 0.500. The zero-order chi connectivity index (χ0) is 15.0. The van der Waals surface area contributed by atoms with Gasteiger partial charge in [-0.05, 0) is 24.6 Å². The lowest BCUT2D eigenvalue weighted by atomic mass is 10.2. The molecule has 1 atom stereocenters. The molecular weight excluding hydrogens is 283 g/mol. The standard InChI is InChI=1S/C14H19FO4S/c1-2-3-6-19-8-10(16)9-20-11-4-5-13(15)12(7-11)14(17)18/h4-5,7,10,16H,2-3,6,8-9H2,1H3,(H,17,18). The number of aliphatic hydroxyl groups excluding tert-OH is 1. The van der Waals surface area contributed by atoms with Crippen LogP contribution in [0.25, 0.3) is 0 Å². The van der Waals surface area contributed by atoms with Gasteiger partial charge in [0.25, 0.3) is 0 Å². The number of aromatic carboxylic acids is 1. The normalized spacial score (nSPS) is 12.3. The smallest absolute Gasteiger partial charge is 0.338 e. The van der Waals surface area contributed by atoms with Crippen LogP contribution in [0, 0.1) is 5.82 Å². The second-order valence-corrected chi connectivity index (χ2v) is 5.43. The van der Waals surface area contributed by atoms with Crippen molar-refractivity contribution in [2.75, 3.05) is 19.0 Å². The lowest BCUT2D eigenvalue weighted by Crippen LogP contribution is -2.18. The van der Waals surface area contributed by atoms with Gasteiger partial charge in [0.2, 0.25) is 0 Å². The highest BCUT2D eigenvalue weighted by molar-refractivity contribution is 7.99. The van der Waals surface area contributed by atoms with Crippen LogP contribution in [0.4, 0.5) is 4.39 Å². The summed E-state index contributed by atoms with van der Waals surface area (Å²) >= 11 is 1.27. The Bertz CT molecular complexity index is 439. The minimum Gasteiger partial charge on any atom is -0.478 e. The average molecular weight is 302 g/mol. The van der Waals surface area contributed by atoms with Crippen LogP contribution in [-0.2, 0) is 4.74 Å². The van der Waals surface area contributed by atoms with E-state index in [0.717, 1.165) is 18.9 Å². The van der Waals surface area contributed by atoms with E-state index in [1.165, 1.54) is 23.9 Å². The van der Waals surface area contributed by atoms with Crippen molar-refractivity contribution in [2.24, 2.45) is 0 Å². The fourth-order valence-electron chi connectivity index (χ4n) is 1.46. The average Bonchev–Trinajstić information content (AvgIpc) is 2.42. The molecule has 6 heteroatoms. The Kier molecular flexibility index (Phi) is 7.58. The van der Waals surface area contributed by atoms with Gasteiger partial charge in [-0.1, -0.05) is 13.3 Å². The zero-order valence-electron chi connectivity index (χ0n) is 11.3. The molecule has 2 N–H and O–H groups in total. The molecule has 0 spiro atoms. The van der Waals surface area contributed by atoms with Gasteiger partial charge in [-0.3, -0.25) is 0 Å². The molecular formula is C14H19FO4S. The molecule has 1 aromatic carbocycles. The van der Waals surface area contributed by atoms with E-state index in [1.807, 2.05) is 0 Å². The van der Waals surface area contributed by atoms with Gasteiger partial charge in [0.1, 0.15) is 5.82 Å². The molecule has 1 aromatic rings. The third-order valence-corrected chi connectivity index (χ3v) is 3.70. The highest BCUT2D eigenvalue weighted by Crippen LogP contribution is 2.22. The molecule has 0 radical (unpaired) electrons. The van der Waals surface area contributed by atoms with Crippen molar-refractivity contribution >= 4 is 17.7 Å². The second-order valence-electron chi connectivity index (χ2n) is 4.34. The van der Waals surface area contributed by atoms with Gasteiger partial charge < -0.3 is 14.9 Å². The number of rotatable bonds is 9. The predicted octanol–water partition coefficient (Wildman–Crippen LogP) is 2.79. The zero-order valence-corrected chi connectivity index (χ0v) is 12.2. The minimum atomic E-state index is -1.30. The molecule has 0 aromatic heterocycles. The van der Waals surface area contributed by atoms with E-state index in [0.29, 0.717) is 17.3 Å². The minimum absolute atomic E-state index is 0.250. The summed E-state index contributed by atoms with van der Waals surface area (Å²) in [6.07, 6.45) is 1.37. The Morgan fingerprint density at radius 1 is 1.50 bits per heavy atom. The van der Waals surface area contributed by atoms with Gasteiger partial charge in [-0.2, -0.15) is 0 Å².